The van der Waals surface area contributed by atoms with E-state index in [2.05, 4.69) is 135 Å². The van der Waals surface area contributed by atoms with Gasteiger partial charge in [-0.2, -0.15) is 0 Å². The van der Waals surface area contributed by atoms with E-state index in [0.717, 1.165) is 77.0 Å². The van der Waals surface area contributed by atoms with Crippen LogP contribution in [0.4, 0.5) is 0 Å². The minimum absolute atomic E-state index is 0.0332. The maximum atomic E-state index is 10.4. The van der Waals surface area contributed by atoms with E-state index in [0.29, 0.717) is 26.4 Å². The fourth-order valence-corrected chi connectivity index (χ4v) is 10.0. The maximum Gasteiger partial charge on any atom is 0.184 e. The Labute approximate surface area is 545 Å². The molecule has 0 radical (unpaired) electrons. The van der Waals surface area contributed by atoms with Gasteiger partial charge in [-0.3, -0.25) is 0 Å². The van der Waals surface area contributed by atoms with Gasteiger partial charge in [-0.05, 0) is 160 Å². The fourth-order valence-electron chi connectivity index (χ4n) is 10.0. The van der Waals surface area contributed by atoms with Gasteiger partial charge >= 0.3 is 0 Å². The van der Waals surface area contributed by atoms with E-state index in [1.54, 1.807) is 0 Å². The van der Waals surface area contributed by atoms with Gasteiger partial charge in [0.1, 0.15) is 12.2 Å². The highest BCUT2D eigenvalue weighted by molar-refractivity contribution is 4.95. The molecule has 0 aromatic carbocycles. The fraction of sp³-hybridized carbons (Fsp3) is 0.795. The van der Waals surface area contributed by atoms with Crippen molar-refractivity contribution in [3.63, 3.8) is 0 Å². The first-order chi connectivity index (χ1) is 43.5. The largest absolute Gasteiger partial charge is 0.388 e. The van der Waals surface area contributed by atoms with Crippen molar-refractivity contribution in [3.05, 3.63) is 108 Å². The maximum absolute atomic E-state index is 10.4. The summed E-state index contributed by atoms with van der Waals surface area (Å²) in [5.74, 6) is 0. The van der Waals surface area contributed by atoms with Crippen LogP contribution >= 0.6 is 0 Å². The van der Waals surface area contributed by atoms with E-state index in [-0.39, 0.29) is 13.1 Å². The Morgan fingerprint density at radius 1 is 0.307 bits per heavy atom. The number of aliphatic hydroxyl groups is 2. The van der Waals surface area contributed by atoms with Gasteiger partial charge in [0, 0.05) is 37.9 Å². The lowest BCUT2D eigenvalue weighted by Gasteiger charge is -2.22. The van der Waals surface area contributed by atoms with Crippen molar-refractivity contribution in [1.29, 1.82) is 0 Å². The van der Waals surface area contributed by atoms with Crippen LogP contribution in [0, 0.1) is 0 Å². The van der Waals surface area contributed by atoms with Crippen LogP contribution in [-0.4, -0.2) is 74.5 Å². The molecule has 2 unspecified atom stereocenters. The Morgan fingerprint density at radius 3 is 0.727 bits per heavy atom. The molecule has 512 valence electrons. The SMILES string of the molecule is CCCCC/C=C\C/C=C\CCCCCCCCOC(OCCCCCCCC/C=C\C/C=C\CCCCC)C(O)CN.CCCCC/C=C\C/C=C\CCCCCCCCOC(OCCCCCCCC/C=C\C/C=C\CCCCC)C(O)CN=[N+]=[N-]. The summed E-state index contributed by atoms with van der Waals surface area (Å²) in [6.45, 7) is 11.5. The molecule has 0 aromatic rings. The van der Waals surface area contributed by atoms with E-state index < -0.39 is 24.8 Å². The molecule has 0 aromatic heterocycles. The Morgan fingerprint density at radius 2 is 0.511 bits per heavy atom. The van der Waals surface area contributed by atoms with Gasteiger partial charge in [-0.25, -0.2) is 0 Å². The van der Waals surface area contributed by atoms with Gasteiger partial charge in [0.15, 0.2) is 12.6 Å². The standard InChI is InChI=1S/C39H71N3O3.C39H73NO3/c1-3-5-7-9-11-13-15-17-19-21-23-25-27-29-31-33-35-44-39(38(43)37-41-42-40)45-36-34-32-30-28-26-24-22-20-18-16-14-12-10-8-6-4-2;1-3-5-7-9-11-13-15-17-19-21-23-25-27-29-31-33-35-42-39(38(41)37-40)43-36-34-32-30-28-26-24-22-20-18-16-14-12-10-8-6-4-2/h11-14,17-20,38-39,43H,3-10,15-16,21-37H2,1-2H3;11-14,17-20,38-39,41H,3-10,15-16,21-37,40H2,1-2H3/b2*13-11-,14-12-,19-17-,20-18-. The quantitative estimate of drug-likeness (QED) is 0.0137. The van der Waals surface area contributed by atoms with Crippen LogP contribution in [0.5, 0.6) is 0 Å². The van der Waals surface area contributed by atoms with Crippen molar-refractivity contribution < 1.29 is 29.2 Å². The molecule has 10 heteroatoms. The lowest BCUT2D eigenvalue weighted by Crippen LogP contribution is -2.38. The summed E-state index contributed by atoms with van der Waals surface area (Å²) < 4.78 is 23.5. The molecule has 0 bridgehead atoms. The van der Waals surface area contributed by atoms with Crippen LogP contribution in [0.15, 0.2) is 102 Å². The molecule has 0 amide bonds. The minimum Gasteiger partial charge on any atom is -0.388 e. The first-order valence-corrected chi connectivity index (χ1v) is 37.2. The molecule has 10 nitrogen and oxygen atoms in total. The number of azide groups is 1. The molecule has 0 spiro atoms. The molecule has 88 heavy (non-hydrogen) atoms. The second kappa shape index (κ2) is 80.0. The molecular weight excluding hydrogens is 1090 g/mol. The van der Waals surface area contributed by atoms with Gasteiger partial charge in [0.25, 0.3) is 0 Å². The molecule has 4 N–H and O–H groups in total. The number of nitrogens with two attached hydrogens (primary N) is 1. The molecule has 0 aliphatic carbocycles. The van der Waals surface area contributed by atoms with Crippen LogP contribution < -0.4 is 5.73 Å². The highest BCUT2D eigenvalue weighted by Gasteiger charge is 2.20. The molecule has 0 aliphatic heterocycles. The Bertz CT molecular complexity index is 1540. The summed E-state index contributed by atoms with van der Waals surface area (Å²) >= 11 is 0. The summed E-state index contributed by atoms with van der Waals surface area (Å²) in [5, 5.41) is 24.1. The lowest BCUT2D eigenvalue weighted by molar-refractivity contribution is -0.192. The Hall–Kier alpha value is -3.05. The second-order valence-electron chi connectivity index (χ2n) is 24.3. The highest BCUT2D eigenvalue weighted by atomic mass is 16.7. The van der Waals surface area contributed by atoms with Crippen molar-refractivity contribution in [1.82, 2.24) is 0 Å². The van der Waals surface area contributed by atoms with Gasteiger partial charge < -0.3 is 34.9 Å². The third-order valence-corrected chi connectivity index (χ3v) is 15.7. The summed E-state index contributed by atoms with van der Waals surface area (Å²) in [7, 11) is 0. The summed E-state index contributed by atoms with van der Waals surface area (Å²) in [6, 6.07) is 0. The van der Waals surface area contributed by atoms with Crippen molar-refractivity contribution >= 4 is 0 Å². The van der Waals surface area contributed by atoms with Crippen molar-refractivity contribution in [2.75, 3.05) is 39.5 Å². The highest BCUT2D eigenvalue weighted by Crippen LogP contribution is 2.16. The average Bonchev–Trinajstić information content (AvgIpc) is 3.54. The van der Waals surface area contributed by atoms with Gasteiger partial charge in [-0.1, -0.05) is 284 Å². The van der Waals surface area contributed by atoms with Gasteiger partial charge in [0.05, 0.1) is 6.54 Å². The van der Waals surface area contributed by atoms with Crippen molar-refractivity contribution in [3.8, 4) is 0 Å². The monoisotopic (exact) mass is 1230 g/mol. The van der Waals surface area contributed by atoms with Crippen LogP contribution in [0.3, 0.4) is 0 Å². The Balaban J connectivity index is 0. The van der Waals surface area contributed by atoms with E-state index in [9.17, 15) is 10.2 Å². The number of allylic oxidation sites excluding steroid dienone is 16. The predicted octanol–water partition coefficient (Wildman–Crippen LogP) is 23.9. The summed E-state index contributed by atoms with van der Waals surface area (Å²) in [4.78, 5) is 2.76. The second-order valence-corrected chi connectivity index (χ2v) is 24.3. The zero-order valence-electron chi connectivity index (χ0n) is 58.2. The number of hydrogen-bond acceptors (Lipinski definition) is 8. The van der Waals surface area contributed by atoms with Crippen LogP contribution in [0.25, 0.3) is 10.4 Å². The first kappa shape index (κ1) is 87.0. The van der Waals surface area contributed by atoms with Gasteiger partial charge in [-0.15, -0.1) is 0 Å². The molecule has 0 aliphatic rings. The smallest absolute Gasteiger partial charge is 0.184 e. The van der Waals surface area contributed by atoms with Crippen LogP contribution in [-0.2, 0) is 18.9 Å². The number of ether oxygens (including phenoxy) is 4. The number of rotatable bonds is 69. The lowest BCUT2D eigenvalue weighted by atomic mass is 10.1. The molecule has 0 heterocycles. The molecule has 0 saturated carbocycles. The zero-order valence-corrected chi connectivity index (χ0v) is 58.2. The number of aliphatic hydroxyl groups excluding tert-OH is 2. The molecular formula is C78H144N4O6. The van der Waals surface area contributed by atoms with Crippen molar-refractivity contribution in [2.45, 2.75) is 361 Å². The van der Waals surface area contributed by atoms with E-state index in [4.69, 9.17) is 30.2 Å². The molecule has 0 rings (SSSR count). The third-order valence-electron chi connectivity index (χ3n) is 15.7. The summed E-state index contributed by atoms with van der Waals surface area (Å²) in [5.41, 5.74) is 14.3. The third kappa shape index (κ3) is 73.7. The zero-order chi connectivity index (χ0) is 64.0. The summed E-state index contributed by atoms with van der Waals surface area (Å²) in [6.07, 6.45) is 92.3. The number of hydrogen-bond donors (Lipinski definition) is 3. The topological polar surface area (TPSA) is 152 Å². The molecule has 0 saturated heterocycles. The Kier molecular flexibility index (Phi) is 79.1. The van der Waals surface area contributed by atoms with Crippen LogP contribution in [0.1, 0.15) is 336 Å². The normalized spacial score (nSPS) is 13.1. The van der Waals surface area contributed by atoms with E-state index in [1.807, 2.05) is 0 Å². The number of nitrogens with zero attached hydrogens (tertiary/aromatic N) is 3. The van der Waals surface area contributed by atoms with Crippen molar-refractivity contribution in [2.24, 2.45) is 10.8 Å². The van der Waals surface area contributed by atoms with Crippen LogP contribution in [0.2, 0.25) is 0 Å². The molecule has 2 atom stereocenters. The van der Waals surface area contributed by atoms with E-state index in [1.165, 1.54) is 231 Å². The average molecular weight is 1230 g/mol. The first-order valence-electron chi connectivity index (χ1n) is 37.2. The minimum atomic E-state index is -0.935. The number of unbranched alkanes of at least 4 members (excludes halogenated alkanes) is 36. The molecule has 0 fully saturated rings. The van der Waals surface area contributed by atoms with Gasteiger partial charge in [0.2, 0.25) is 0 Å². The predicted molar refractivity (Wildman–Crippen MR) is 384 cm³/mol. The van der Waals surface area contributed by atoms with E-state index >= 15 is 0 Å².